The van der Waals surface area contributed by atoms with Gasteiger partial charge in [-0.05, 0) is 31.9 Å². The zero-order chi connectivity index (χ0) is 13.8. The zero-order valence-corrected chi connectivity index (χ0v) is 12.0. The summed E-state index contributed by atoms with van der Waals surface area (Å²) in [5.74, 6) is 1.04. The van der Waals surface area contributed by atoms with Crippen LogP contribution in [0.3, 0.4) is 0 Å². The van der Waals surface area contributed by atoms with Crippen LogP contribution in [0.15, 0.2) is 30.6 Å². The molecule has 1 N–H and O–H groups in total. The van der Waals surface area contributed by atoms with Crippen molar-refractivity contribution in [1.29, 1.82) is 0 Å². The maximum absolute atomic E-state index is 4.27. The number of nitrogens with zero attached hydrogens (tertiary/aromatic N) is 3. The van der Waals surface area contributed by atoms with Crippen LogP contribution in [-0.2, 0) is 6.54 Å². The van der Waals surface area contributed by atoms with E-state index in [2.05, 4.69) is 51.3 Å². The largest absolute Gasteiger partial charge is 0.378 e. The number of hydrogen-bond donors (Lipinski definition) is 1. The summed E-state index contributed by atoms with van der Waals surface area (Å²) in [5.41, 5.74) is 2.41. The van der Waals surface area contributed by atoms with Crippen LogP contribution in [0.5, 0.6) is 0 Å². The van der Waals surface area contributed by atoms with Crippen molar-refractivity contribution in [3.63, 3.8) is 0 Å². The summed E-state index contributed by atoms with van der Waals surface area (Å²) in [6, 6.07) is 9.05. The van der Waals surface area contributed by atoms with Gasteiger partial charge in [-0.3, -0.25) is 0 Å². The van der Waals surface area contributed by atoms with Crippen LogP contribution in [0.1, 0.15) is 49.5 Å². The normalized spacial score (nSPS) is 16.2. The van der Waals surface area contributed by atoms with Crippen LogP contribution < -0.4 is 5.32 Å². The molecule has 20 heavy (non-hydrogen) atoms. The number of aryl methyl sites for hydroxylation is 1. The molecule has 0 radical (unpaired) electrons. The maximum Gasteiger partial charge on any atom is 0.152 e. The number of aromatic nitrogens is 3. The molecule has 1 aromatic heterocycles. The highest BCUT2D eigenvalue weighted by Crippen LogP contribution is 2.28. The Labute approximate surface area is 120 Å². The highest BCUT2D eigenvalue weighted by molar-refractivity contribution is 5.44. The Hall–Kier alpha value is -1.84. The molecule has 1 aliphatic carbocycles. The van der Waals surface area contributed by atoms with Crippen molar-refractivity contribution in [2.45, 2.75) is 51.6 Å². The third kappa shape index (κ3) is 3.00. The average molecular weight is 270 g/mol. The van der Waals surface area contributed by atoms with Gasteiger partial charge >= 0.3 is 0 Å². The minimum absolute atomic E-state index is 0.591. The van der Waals surface area contributed by atoms with E-state index >= 15 is 0 Å². The minimum Gasteiger partial charge on any atom is -0.378 e. The molecule has 4 nitrogen and oxygen atoms in total. The lowest BCUT2D eigenvalue weighted by molar-refractivity contribution is 0.346. The van der Waals surface area contributed by atoms with E-state index in [0.717, 1.165) is 18.1 Å². The lowest BCUT2D eigenvalue weighted by Gasteiger charge is -2.24. The number of hydrogen-bond acceptors (Lipinski definition) is 3. The smallest absolute Gasteiger partial charge is 0.152 e. The van der Waals surface area contributed by atoms with Crippen LogP contribution in [0, 0.1) is 6.92 Å². The first kappa shape index (κ1) is 13.2. The number of rotatable bonds is 4. The lowest BCUT2D eigenvalue weighted by Crippen LogP contribution is -2.16. The molecule has 4 heteroatoms. The zero-order valence-electron chi connectivity index (χ0n) is 12.0. The summed E-state index contributed by atoms with van der Waals surface area (Å²) in [4.78, 5) is 0. The number of benzene rings is 1. The molecular formula is C16H22N4. The Kier molecular flexibility index (Phi) is 4.00. The molecule has 3 rings (SSSR count). The van der Waals surface area contributed by atoms with Gasteiger partial charge < -0.3 is 9.88 Å². The van der Waals surface area contributed by atoms with E-state index in [4.69, 9.17) is 0 Å². The topological polar surface area (TPSA) is 42.7 Å². The van der Waals surface area contributed by atoms with Gasteiger partial charge in [-0.2, -0.15) is 0 Å². The Morgan fingerprint density at radius 3 is 2.65 bits per heavy atom. The first-order valence-electron chi connectivity index (χ1n) is 7.52. The molecule has 1 fully saturated rings. The Balaban J connectivity index is 1.65. The summed E-state index contributed by atoms with van der Waals surface area (Å²) in [5, 5.41) is 11.8. The lowest BCUT2D eigenvalue weighted by atomic mass is 9.95. The van der Waals surface area contributed by atoms with Crippen LogP contribution in [-0.4, -0.2) is 14.8 Å². The van der Waals surface area contributed by atoms with Gasteiger partial charge in [-0.1, -0.05) is 37.0 Å². The molecule has 1 aliphatic rings. The highest BCUT2D eigenvalue weighted by Gasteiger charge is 2.18. The molecule has 0 amide bonds. The number of nitrogens with one attached hydrogen (secondary N) is 1. The highest BCUT2D eigenvalue weighted by atomic mass is 15.3. The molecule has 0 saturated heterocycles. The first-order valence-corrected chi connectivity index (χ1v) is 7.52. The third-order valence-corrected chi connectivity index (χ3v) is 4.12. The van der Waals surface area contributed by atoms with E-state index in [1.807, 2.05) is 6.33 Å². The van der Waals surface area contributed by atoms with Crippen molar-refractivity contribution in [3.05, 3.63) is 42.0 Å². The van der Waals surface area contributed by atoms with E-state index in [-0.39, 0.29) is 0 Å². The summed E-state index contributed by atoms with van der Waals surface area (Å²) in [6.45, 7) is 2.84. The van der Waals surface area contributed by atoms with Crippen LogP contribution >= 0.6 is 0 Å². The Morgan fingerprint density at radius 1 is 1.15 bits per heavy atom. The molecular weight excluding hydrogens is 248 g/mol. The van der Waals surface area contributed by atoms with Gasteiger partial charge in [0.2, 0.25) is 0 Å². The first-order chi connectivity index (χ1) is 9.83. The van der Waals surface area contributed by atoms with Crippen molar-refractivity contribution in [2.75, 3.05) is 5.32 Å². The molecule has 0 unspecified atom stereocenters. The standard InChI is InChI=1S/C16H22N4/c1-13-7-9-14(10-8-13)17-11-16-19-18-12-20(16)15-5-3-2-4-6-15/h7-10,12,15,17H,2-6,11H2,1H3. The summed E-state index contributed by atoms with van der Waals surface area (Å²) >= 11 is 0. The molecule has 1 heterocycles. The second-order valence-corrected chi connectivity index (χ2v) is 5.67. The molecule has 106 valence electrons. The monoisotopic (exact) mass is 270 g/mol. The van der Waals surface area contributed by atoms with Gasteiger partial charge in [0.25, 0.3) is 0 Å². The van der Waals surface area contributed by atoms with Crippen molar-refractivity contribution in [1.82, 2.24) is 14.8 Å². The molecule has 0 atom stereocenters. The molecule has 1 aromatic carbocycles. The van der Waals surface area contributed by atoms with Crippen LogP contribution in [0.25, 0.3) is 0 Å². The van der Waals surface area contributed by atoms with Gasteiger partial charge in [0, 0.05) is 11.7 Å². The summed E-state index contributed by atoms with van der Waals surface area (Å²) < 4.78 is 2.26. The van der Waals surface area contributed by atoms with Crippen LogP contribution in [0.4, 0.5) is 5.69 Å². The van der Waals surface area contributed by atoms with Gasteiger partial charge in [0.05, 0.1) is 6.54 Å². The van der Waals surface area contributed by atoms with Crippen molar-refractivity contribution in [2.24, 2.45) is 0 Å². The second-order valence-electron chi connectivity index (χ2n) is 5.67. The van der Waals surface area contributed by atoms with Gasteiger partial charge in [-0.15, -0.1) is 10.2 Å². The maximum atomic E-state index is 4.27. The van der Waals surface area contributed by atoms with Gasteiger partial charge in [-0.25, -0.2) is 0 Å². The Bertz CT molecular complexity index is 538. The molecule has 1 saturated carbocycles. The summed E-state index contributed by atoms with van der Waals surface area (Å²) in [7, 11) is 0. The molecule has 0 spiro atoms. The van der Waals surface area contributed by atoms with E-state index in [9.17, 15) is 0 Å². The van der Waals surface area contributed by atoms with Crippen molar-refractivity contribution in [3.8, 4) is 0 Å². The minimum atomic E-state index is 0.591. The third-order valence-electron chi connectivity index (χ3n) is 4.12. The summed E-state index contributed by atoms with van der Waals surface area (Å²) in [6.07, 6.45) is 8.43. The Morgan fingerprint density at radius 2 is 1.90 bits per heavy atom. The fourth-order valence-electron chi connectivity index (χ4n) is 2.91. The fraction of sp³-hybridized carbons (Fsp3) is 0.500. The van der Waals surface area contributed by atoms with Gasteiger partial charge in [0.15, 0.2) is 5.82 Å². The fourth-order valence-corrected chi connectivity index (χ4v) is 2.91. The molecule has 0 bridgehead atoms. The van der Waals surface area contributed by atoms with E-state index in [1.54, 1.807) is 0 Å². The van der Waals surface area contributed by atoms with E-state index in [1.165, 1.54) is 37.7 Å². The van der Waals surface area contributed by atoms with Crippen molar-refractivity contribution < 1.29 is 0 Å². The van der Waals surface area contributed by atoms with E-state index < -0.39 is 0 Å². The molecule has 2 aromatic rings. The average Bonchev–Trinajstić information content (AvgIpc) is 2.96. The van der Waals surface area contributed by atoms with Crippen molar-refractivity contribution >= 4 is 5.69 Å². The SMILES string of the molecule is Cc1ccc(NCc2nncn2C2CCCCC2)cc1. The van der Waals surface area contributed by atoms with Crippen LogP contribution in [0.2, 0.25) is 0 Å². The molecule has 0 aliphatic heterocycles. The predicted octanol–water partition coefficient (Wildman–Crippen LogP) is 3.70. The number of anilines is 1. The van der Waals surface area contributed by atoms with E-state index in [0.29, 0.717) is 6.04 Å². The second kappa shape index (κ2) is 6.07. The van der Waals surface area contributed by atoms with Gasteiger partial charge in [0.1, 0.15) is 6.33 Å². The predicted molar refractivity (Wildman–Crippen MR) is 80.6 cm³/mol. The quantitative estimate of drug-likeness (QED) is 0.921.